The molecule has 0 saturated heterocycles. The fourth-order valence-corrected chi connectivity index (χ4v) is 3.69. The molecule has 0 unspecified atom stereocenters. The highest BCUT2D eigenvalue weighted by molar-refractivity contribution is 7.89. The van der Waals surface area contributed by atoms with Crippen LogP contribution in [0, 0.1) is 0 Å². The molecule has 2 aromatic rings. The summed E-state index contributed by atoms with van der Waals surface area (Å²) in [7, 11) is -1.89. The van der Waals surface area contributed by atoms with Crippen molar-refractivity contribution in [1.29, 1.82) is 0 Å². The van der Waals surface area contributed by atoms with Crippen molar-refractivity contribution in [3.8, 4) is 0 Å². The standard InChI is InChI=1S/C17H19N3O3S/c1-20(12-13-4-3-9-18-11-13)17(21)14-5-2-6-16(10-14)24(22,23)19-15-7-8-15/h2-6,9-11,15,19H,7-8,12H2,1H3. The minimum absolute atomic E-state index is 0.0302. The van der Waals surface area contributed by atoms with Crippen molar-refractivity contribution >= 4 is 15.9 Å². The van der Waals surface area contributed by atoms with Crippen LogP contribution in [0.1, 0.15) is 28.8 Å². The number of nitrogens with one attached hydrogen (secondary N) is 1. The first-order valence-corrected chi connectivity index (χ1v) is 9.21. The van der Waals surface area contributed by atoms with E-state index in [4.69, 9.17) is 0 Å². The molecule has 0 aliphatic heterocycles. The number of hydrogen-bond donors (Lipinski definition) is 1. The molecular formula is C17H19N3O3S. The van der Waals surface area contributed by atoms with E-state index in [0.717, 1.165) is 18.4 Å². The summed E-state index contributed by atoms with van der Waals surface area (Å²) in [6.45, 7) is 0.407. The predicted octanol–water partition coefficient (Wildman–Crippen LogP) is 1.79. The number of rotatable bonds is 6. The number of pyridine rings is 1. The minimum atomic E-state index is -3.57. The van der Waals surface area contributed by atoms with Crippen molar-refractivity contribution in [3.63, 3.8) is 0 Å². The first-order valence-electron chi connectivity index (χ1n) is 7.72. The molecule has 7 heteroatoms. The number of carbonyl (C=O) groups is 1. The van der Waals surface area contributed by atoms with Gasteiger partial charge < -0.3 is 4.90 Å². The number of carbonyl (C=O) groups excluding carboxylic acids is 1. The Bertz CT molecular complexity index is 833. The Hall–Kier alpha value is -2.25. The van der Waals surface area contributed by atoms with Gasteiger partial charge in [-0.1, -0.05) is 12.1 Å². The lowest BCUT2D eigenvalue weighted by molar-refractivity contribution is 0.0784. The highest BCUT2D eigenvalue weighted by Crippen LogP contribution is 2.22. The van der Waals surface area contributed by atoms with E-state index in [1.807, 2.05) is 12.1 Å². The zero-order chi connectivity index (χ0) is 17.2. The topological polar surface area (TPSA) is 79.4 Å². The minimum Gasteiger partial charge on any atom is -0.337 e. The summed E-state index contributed by atoms with van der Waals surface area (Å²) in [5.74, 6) is -0.234. The van der Waals surface area contributed by atoms with Crippen molar-refractivity contribution in [2.45, 2.75) is 30.3 Å². The lowest BCUT2D eigenvalue weighted by atomic mass is 10.2. The van der Waals surface area contributed by atoms with Crippen molar-refractivity contribution in [1.82, 2.24) is 14.6 Å². The van der Waals surface area contributed by atoms with Crippen LogP contribution in [0.5, 0.6) is 0 Å². The molecule has 126 valence electrons. The summed E-state index contributed by atoms with van der Waals surface area (Å²) in [5.41, 5.74) is 1.26. The molecule has 1 N–H and O–H groups in total. The van der Waals surface area contributed by atoms with E-state index in [1.165, 1.54) is 17.0 Å². The maximum Gasteiger partial charge on any atom is 0.253 e. The largest absolute Gasteiger partial charge is 0.337 e. The van der Waals surface area contributed by atoms with Crippen molar-refractivity contribution in [3.05, 3.63) is 59.9 Å². The lowest BCUT2D eigenvalue weighted by Crippen LogP contribution is -2.28. The van der Waals surface area contributed by atoms with E-state index < -0.39 is 10.0 Å². The van der Waals surface area contributed by atoms with E-state index in [0.29, 0.717) is 12.1 Å². The Kier molecular flexibility index (Phi) is 4.64. The van der Waals surface area contributed by atoms with Gasteiger partial charge in [-0.3, -0.25) is 9.78 Å². The molecule has 1 aromatic carbocycles. The van der Waals surface area contributed by atoms with Gasteiger partial charge in [-0.05, 0) is 42.7 Å². The molecule has 1 aromatic heterocycles. The van der Waals surface area contributed by atoms with Gasteiger partial charge >= 0.3 is 0 Å². The van der Waals surface area contributed by atoms with Gasteiger partial charge in [0, 0.05) is 37.6 Å². The van der Waals surface area contributed by atoms with Crippen molar-refractivity contribution < 1.29 is 13.2 Å². The molecule has 0 radical (unpaired) electrons. The van der Waals surface area contributed by atoms with Gasteiger partial charge in [0.25, 0.3) is 5.91 Å². The first-order chi connectivity index (χ1) is 11.5. The molecular weight excluding hydrogens is 326 g/mol. The molecule has 1 amide bonds. The predicted molar refractivity (Wildman–Crippen MR) is 89.8 cm³/mol. The van der Waals surface area contributed by atoms with Gasteiger partial charge in [0.15, 0.2) is 0 Å². The molecule has 1 heterocycles. The fraction of sp³-hybridized carbons (Fsp3) is 0.294. The second-order valence-electron chi connectivity index (χ2n) is 5.95. The zero-order valence-electron chi connectivity index (χ0n) is 13.3. The first kappa shape index (κ1) is 16.6. The monoisotopic (exact) mass is 345 g/mol. The molecule has 0 atom stereocenters. The number of aromatic nitrogens is 1. The van der Waals surface area contributed by atoms with E-state index in [-0.39, 0.29) is 16.8 Å². The van der Waals surface area contributed by atoms with Crippen LogP contribution in [0.15, 0.2) is 53.7 Å². The molecule has 3 rings (SSSR count). The van der Waals surface area contributed by atoms with Crippen LogP contribution in [0.3, 0.4) is 0 Å². The van der Waals surface area contributed by atoms with Gasteiger partial charge in [-0.15, -0.1) is 0 Å². The molecule has 0 bridgehead atoms. The van der Waals surface area contributed by atoms with Crippen LogP contribution in [0.4, 0.5) is 0 Å². The van der Waals surface area contributed by atoms with Crippen LogP contribution >= 0.6 is 0 Å². The lowest BCUT2D eigenvalue weighted by Gasteiger charge is -2.17. The number of hydrogen-bond acceptors (Lipinski definition) is 4. The summed E-state index contributed by atoms with van der Waals surface area (Å²) in [4.78, 5) is 18.2. The number of benzene rings is 1. The second-order valence-corrected chi connectivity index (χ2v) is 7.66. The summed E-state index contributed by atoms with van der Waals surface area (Å²) >= 11 is 0. The quantitative estimate of drug-likeness (QED) is 0.866. The maximum absolute atomic E-state index is 12.6. The van der Waals surface area contributed by atoms with Crippen LogP contribution in [0.25, 0.3) is 0 Å². The number of amides is 1. The SMILES string of the molecule is CN(Cc1cccnc1)C(=O)c1cccc(S(=O)(=O)NC2CC2)c1. The van der Waals surface area contributed by atoms with Gasteiger partial charge in [0.2, 0.25) is 10.0 Å². The molecule has 24 heavy (non-hydrogen) atoms. The molecule has 1 saturated carbocycles. The van der Waals surface area contributed by atoms with Crippen molar-refractivity contribution in [2.24, 2.45) is 0 Å². The maximum atomic E-state index is 12.6. The van der Waals surface area contributed by atoms with Crippen molar-refractivity contribution in [2.75, 3.05) is 7.05 Å². The normalized spacial score (nSPS) is 14.4. The van der Waals surface area contributed by atoms with E-state index >= 15 is 0 Å². The van der Waals surface area contributed by atoms with Crippen LogP contribution in [-0.2, 0) is 16.6 Å². The molecule has 1 aliphatic carbocycles. The Balaban J connectivity index is 1.76. The summed E-state index contributed by atoms with van der Waals surface area (Å²) < 4.78 is 27.2. The Labute approximate surface area is 141 Å². The van der Waals surface area contributed by atoms with Crippen LogP contribution < -0.4 is 4.72 Å². The van der Waals surface area contributed by atoms with E-state index in [9.17, 15) is 13.2 Å². The average Bonchev–Trinajstić information content (AvgIpc) is 3.38. The number of sulfonamides is 1. The smallest absolute Gasteiger partial charge is 0.253 e. The summed E-state index contributed by atoms with van der Waals surface area (Å²) in [5, 5.41) is 0. The third-order valence-electron chi connectivity index (χ3n) is 3.78. The zero-order valence-corrected chi connectivity index (χ0v) is 14.2. The third-order valence-corrected chi connectivity index (χ3v) is 5.30. The fourth-order valence-electron chi connectivity index (χ4n) is 2.34. The van der Waals surface area contributed by atoms with Crippen LogP contribution in [0.2, 0.25) is 0 Å². The van der Waals surface area contributed by atoms with Crippen LogP contribution in [-0.4, -0.2) is 37.3 Å². The summed E-state index contributed by atoms with van der Waals surface area (Å²) in [6, 6.07) is 9.87. The Morgan fingerprint density at radius 1 is 1.29 bits per heavy atom. The molecule has 1 aliphatic rings. The third kappa shape index (κ3) is 3.98. The van der Waals surface area contributed by atoms with Gasteiger partial charge in [0.05, 0.1) is 4.90 Å². The molecule has 6 nitrogen and oxygen atoms in total. The van der Waals surface area contributed by atoms with Gasteiger partial charge in [-0.25, -0.2) is 13.1 Å². The number of nitrogens with zero attached hydrogens (tertiary/aromatic N) is 2. The van der Waals surface area contributed by atoms with Gasteiger partial charge in [-0.2, -0.15) is 0 Å². The molecule has 0 spiro atoms. The molecule has 1 fully saturated rings. The Morgan fingerprint density at radius 2 is 2.08 bits per heavy atom. The highest BCUT2D eigenvalue weighted by Gasteiger charge is 2.28. The average molecular weight is 345 g/mol. The highest BCUT2D eigenvalue weighted by atomic mass is 32.2. The van der Waals surface area contributed by atoms with E-state index in [2.05, 4.69) is 9.71 Å². The second kappa shape index (κ2) is 6.70. The van der Waals surface area contributed by atoms with E-state index in [1.54, 1.807) is 31.6 Å². The summed E-state index contributed by atoms with van der Waals surface area (Å²) in [6.07, 6.45) is 5.11. The van der Waals surface area contributed by atoms with Gasteiger partial charge in [0.1, 0.15) is 0 Å². The Morgan fingerprint density at radius 3 is 2.75 bits per heavy atom.